The van der Waals surface area contributed by atoms with Crippen molar-refractivity contribution in [1.82, 2.24) is 29.7 Å². The molecule has 286 valence electrons. The highest BCUT2D eigenvalue weighted by atomic mass is 32.1. The predicted octanol–water partition coefficient (Wildman–Crippen LogP) is 4.59. The summed E-state index contributed by atoms with van der Waals surface area (Å²) in [5.74, 6) is 0.331. The van der Waals surface area contributed by atoms with Gasteiger partial charge in [0.15, 0.2) is 0 Å². The molecule has 4 fully saturated rings. The van der Waals surface area contributed by atoms with E-state index in [1.807, 2.05) is 13.0 Å². The van der Waals surface area contributed by atoms with E-state index < -0.39 is 11.9 Å². The minimum atomic E-state index is -0.676. The van der Waals surface area contributed by atoms with Crippen LogP contribution in [-0.4, -0.2) is 94.6 Å². The summed E-state index contributed by atoms with van der Waals surface area (Å²) in [5, 5.41) is 11.2. The van der Waals surface area contributed by atoms with E-state index in [2.05, 4.69) is 67.0 Å². The molecular weight excluding hydrogens is 715 g/mol. The SMILES string of the molecule is C[C@@H]1CNc2c(sc3ccc4nc(N5CCC(N6CCC7(CCN(c8ccc9c(c8)n(C)c(=O)n9C8CCC(=O)NC8=O)CC7)C6)CC5)ccc4c23)C(=O)N1. The Morgan fingerprint density at radius 1 is 0.873 bits per heavy atom. The second-order valence-corrected chi connectivity index (χ2v) is 17.6. The lowest BCUT2D eigenvalue weighted by molar-refractivity contribution is -0.135. The molecule has 2 aromatic carbocycles. The molecule has 3 aromatic heterocycles. The number of amides is 3. The van der Waals surface area contributed by atoms with Crippen molar-refractivity contribution in [2.45, 2.75) is 70.0 Å². The Morgan fingerprint density at radius 2 is 1.67 bits per heavy atom. The number of hydrogen-bond donors (Lipinski definition) is 3. The number of imide groups is 1. The maximum atomic E-state index is 13.3. The largest absolute Gasteiger partial charge is 0.381 e. The van der Waals surface area contributed by atoms with Crippen molar-refractivity contribution < 1.29 is 14.4 Å². The van der Waals surface area contributed by atoms with Gasteiger partial charge in [0.2, 0.25) is 11.8 Å². The summed E-state index contributed by atoms with van der Waals surface area (Å²) in [6.45, 7) is 8.99. The highest BCUT2D eigenvalue weighted by molar-refractivity contribution is 7.21. The van der Waals surface area contributed by atoms with Crippen LogP contribution in [-0.2, 0) is 16.6 Å². The molecule has 1 spiro atoms. The molecule has 4 saturated heterocycles. The quantitative estimate of drug-likeness (QED) is 0.225. The number of aromatic nitrogens is 3. The van der Waals surface area contributed by atoms with Crippen LogP contribution in [0.15, 0.2) is 47.3 Å². The number of nitrogens with one attached hydrogen (secondary N) is 3. The first kappa shape index (κ1) is 34.5. The highest BCUT2D eigenvalue weighted by Gasteiger charge is 2.43. The first-order valence-electron chi connectivity index (χ1n) is 19.8. The van der Waals surface area contributed by atoms with Crippen LogP contribution in [0, 0.1) is 5.41 Å². The zero-order valence-corrected chi connectivity index (χ0v) is 32.2. The molecule has 3 amide bonds. The second-order valence-electron chi connectivity index (χ2n) is 16.5. The number of carbonyl (C=O) groups excluding carboxylic acids is 3. The first-order valence-corrected chi connectivity index (χ1v) is 20.7. The molecule has 10 rings (SSSR count). The van der Waals surface area contributed by atoms with Crippen LogP contribution in [0.3, 0.4) is 0 Å². The fourth-order valence-electron chi connectivity index (χ4n) is 10.1. The Labute approximate surface area is 322 Å². The molecule has 5 aliphatic rings. The summed E-state index contributed by atoms with van der Waals surface area (Å²) in [6, 6.07) is 14.7. The number of hydrogen-bond acceptors (Lipinski definition) is 10. The van der Waals surface area contributed by atoms with E-state index in [-0.39, 0.29) is 30.0 Å². The molecule has 3 N–H and O–H groups in total. The van der Waals surface area contributed by atoms with Gasteiger partial charge < -0.3 is 20.4 Å². The maximum Gasteiger partial charge on any atom is 0.329 e. The van der Waals surface area contributed by atoms with Gasteiger partial charge in [-0.1, -0.05) is 0 Å². The van der Waals surface area contributed by atoms with Crippen molar-refractivity contribution in [3.8, 4) is 0 Å². The number of fused-ring (bicyclic) bond motifs is 6. The van der Waals surface area contributed by atoms with Gasteiger partial charge in [-0.15, -0.1) is 11.3 Å². The third-order valence-corrected chi connectivity index (χ3v) is 14.4. The first-order chi connectivity index (χ1) is 26.6. The molecule has 0 radical (unpaired) electrons. The third-order valence-electron chi connectivity index (χ3n) is 13.2. The Balaban J connectivity index is 0.776. The molecule has 13 nitrogen and oxygen atoms in total. The number of aryl methyl sites for hydroxylation is 1. The monoisotopic (exact) mass is 761 g/mol. The molecule has 0 aliphatic carbocycles. The summed E-state index contributed by atoms with van der Waals surface area (Å²) in [4.78, 5) is 64.1. The Morgan fingerprint density at radius 3 is 2.47 bits per heavy atom. The van der Waals surface area contributed by atoms with Crippen LogP contribution >= 0.6 is 11.3 Å². The van der Waals surface area contributed by atoms with Crippen molar-refractivity contribution in [1.29, 1.82) is 0 Å². The molecule has 14 heteroatoms. The van der Waals surface area contributed by atoms with Crippen molar-refractivity contribution in [3.05, 3.63) is 57.8 Å². The van der Waals surface area contributed by atoms with Gasteiger partial charge in [-0.25, -0.2) is 9.78 Å². The molecule has 55 heavy (non-hydrogen) atoms. The second kappa shape index (κ2) is 13.1. The van der Waals surface area contributed by atoms with E-state index in [1.165, 1.54) is 6.42 Å². The minimum absolute atomic E-state index is 0.00528. The number of piperidine rings is 3. The lowest BCUT2D eigenvalue weighted by Gasteiger charge is -2.42. The number of anilines is 3. The Bertz CT molecular complexity index is 2450. The molecule has 8 heterocycles. The van der Waals surface area contributed by atoms with Crippen LogP contribution < -0.4 is 31.4 Å². The van der Waals surface area contributed by atoms with Gasteiger partial charge in [-0.3, -0.25) is 33.7 Å². The Kier molecular flexibility index (Phi) is 8.21. The fourth-order valence-corrected chi connectivity index (χ4v) is 11.2. The summed E-state index contributed by atoms with van der Waals surface area (Å²) in [7, 11) is 1.76. The highest BCUT2D eigenvalue weighted by Crippen LogP contribution is 2.44. The van der Waals surface area contributed by atoms with Gasteiger partial charge in [0.25, 0.3) is 5.91 Å². The number of benzene rings is 2. The van der Waals surface area contributed by atoms with E-state index >= 15 is 0 Å². The molecule has 5 aromatic rings. The standard InChI is InChI=1S/C41H47N9O4S/c1-24-22-42-36-35-27-4-9-33(44-28(27)5-8-32(35)55-37(36)39(53)43-24)48-16-11-25(12-17-48)49-20-15-41(23-49)13-18-47(19-14-41)26-3-6-29-31(21-26)46(2)40(54)50(29)30-7-10-34(51)45-38(30)52/h3-6,8-9,21,24-25,30,42H,7,10-20,22-23H2,1-2H3,(H,43,53)(H,45,51,52)/t24-,30?/m1/s1. The van der Waals surface area contributed by atoms with E-state index in [9.17, 15) is 19.2 Å². The molecule has 0 bridgehead atoms. The van der Waals surface area contributed by atoms with Crippen LogP contribution in [0.4, 0.5) is 17.2 Å². The lowest BCUT2D eigenvalue weighted by Crippen LogP contribution is -2.46. The van der Waals surface area contributed by atoms with Crippen LogP contribution in [0.25, 0.3) is 32.0 Å². The normalized spacial score (nSPS) is 23.7. The number of imidazole rings is 1. The van der Waals surface area contributed by atoms with Crippen LogP contribution in [0.2, 0.25) is 0 Å². The zero-order chi connectivity index (χ0) is 37.6. The summed E-state index contributed by atoms with van der Waals surface area (Å²) >= 11 is 1.55. The van der Waals surface area contributed by atoms with E-state index in [4.69, 9.17) is 4.98 Å². The van der Waals surface area contributed by atoms with Crippen LogP contribution in [0.1, 0.15) is 67.6 Å². The third kappa shape index (κ3) is 5.78. The predicted molar refractivity (Wildman–Crippen MR) is 216 cm³/mol. The number of pyridine rings is 1. The topological polar surface area (TPSA) is 137 Å². The van der Waals surface area contributed by atoms with Gasteiger partial charge in [-0.2, -0.15) is 0 Å². The minimum Gasteiger partial charge on any atom is -0.381 e. The number of likely N-dealkylation sites (tertiary alicyclic amines) is 1. The van der Waals surface area contributed by atoms with Gasteiger partial charge in [0.1, 0.15) is 16.7 Å². The molecule has 2 atom stereocenters. The lowest BCUT2D eigenvalue weighted by atomic mass is 9.77. The van der Waals surface area contributed by atoms with Crippen molar-refractivity contribution in [2.24, 2.45) is 12.5 Å². The van der Waals surface area contributed by atoms with E-state index in [0.717, 1.165) is 119 Å². The van der Waals surface area contributed by atoms with Gasteiger partial charge in [0.05, 0.1) is 22.2 Å². The molecule has 0 saturated carbocycles. The summed E-state index contributed by atoms with van der Waals surface area (Å²) in [5.41, 5.74) is 4.66. The van der Waals surface area contributed by atoms with E-state index in [1.54, 1.807) is 27.5 Å². The smallest absolute Gasteiger partial charge is 0.329 e. The number of rotatable bonds is 4. The fraction of sp³-hybridized carbons (Fsp3) is 0.488. The summed E-state index contributed by atoms with van der Waals surface area (Å²) in [6.07, 6.45) is 6.37. The number of thiophene rings is 1. The van der Waals surface area contributed by atoms with Crippen molar-refractivity contribution in [2.75, 3.05) is 60.9 Å². The van der Waals surface area contributed by atoms with Gasteiger partial charge in [0, 0.05) is 86.0 Å². The van der Waals surface area contributed by atoms with E-state index in [0.29, 0.717) is 24.4 Å². The number of nitrogens with zero attached hydrogens (tertiary/aromatic N) is 6. The number of carbonyl (C=O) groups is 3. The zero-order valence-electron chi connectivity index (χ0n) is 31.4. The van der Waals surface area contributed by atoms with Gasteiger partial charge in [-0.05, 0) is 99.9 Å². The maximum absolute atomic E-state index is 13.3. The molecule has 5 aliphatic heterocycles. The van der Waals surface area contributed by atoms with Crippen molar-refractivity contribution >= 4 is 78.3 Å². The Hall–Kier alpha value is -4.95. The summed E-state index contributed by atoms with van der Waals surface area (Å²) < 4.78 is 4.28. The van der Waals surface area contributed by atoms with Crippen molar-refractivity contribution in [3.63, 3.8) is 0 Å². The molecule has 1 unspecified atom stereocenters. The average Bonchev–Trinajstić information content (AvgIpc) is 3.83. The van der Waals surface area contributed by atoms with Crippen LogP contribution in [0.5, 0.6) is 0 Å². The average molecular weight is 762 g/mol. The molecular formula is C41H47N9O4S. The van der Waals surface area contributed by atoms with Gasteiger partial charge >= 0.3 is 5.69 Å².